The highest BCUT2D eigenvalue weighted by atomic mass is 32.2. The summed E-state index contributed by atoms with van der Waals surface area (Å²) in [5.74, 6) is 3.13. The van der Waals surface area contributed by atoms with Gasteiger partial charge in [-0.15, -0.1) is 0 Å². The zero-order chi connectivity index (χ0) is 14.1. The van der Waals surface area contributed by atoms with Crippen LogP contribution >= 0.6 is 11.8 Å². The Morgan fingerprint density at radius 1 is 1.30 bits per heavy atom. The first-order valence-electron chi connectivity index (χ1n) is 8.10. The first kappa shape index (κ1) is 14.9. The third-order valence-electron chi connectivity index (χ3n) is 5.46. The van der Waals surface area contributed by atoms with Gasteiger partial charge in [0.2, 0.25) is 0 Å². The maximum atomic E-state index is 13.0. The monoisotopic (exact) mass is 297 g/mol. The standard InChI is InChI=1S/C16H27NO2S/c1-15(4-2-7-17-12-15)14(18)13-3-8-19-16(11-13)5-9-20-10-6-16/h13,17H,2-12H2,1H3. The zero-order valence-corrected chi connectivity index (χ0v) is 13.4. The molecule has 3 saturated heterocycles. The lowest BCUT2D eigenvalue weighted by Crippen LogP contribution is -2.50. The van der Waals surface area contributed by atoms with Crippen molar-refractivity contribution in [2.45, 2.75) is 51.0 Å². The summed E-state index contributed by atoms with van der Waals surface area (Å²) in [7, 11) is 0. The van der Waals surface area contributed by atoms with E-state index in [1.165, 1.54) is 11.5 Å². The average Bonchev–Trinajstić information content (AvgIpc) is 2.48. The van der Waals surface area contributed by atoms with Crippen LogP contribution in [0.2, 0.25) is 0 Å². The summed E-state index contributed by atoms with van der Waals surface area (Å²) in [6, 6.07) is 0. The fraction of sp³-hybridized carbons (Fsp3) is 0.938. The predicted octanol–water partition coefficient (Wildman–Crippen LogP) is 2.64. The zero-order valence-electron chi connectivity index (χ0n) is 12.6. The van der Waals surface area contributed by atoms with Crippen molar-refractivity contribution in [2.24, 2.45) is 11.3 Å². The fourth-order valence-corrected chi connectivity index (χ4v) is 5.34. The molecular weight excluding hydrogens is 270 g/mol. The largest absolute Gasteiger partial charge is 0.375 e. The minimum Gasteiger partial charge on any atom is -0.375 e. The number of hydrogen-bond donors (Lipinski definition) is 1. The summed E-state index contributed by atoms with van der Waals surface area (Å²) in [5.41, 5.74) is -0.104. The summed E-state index contributed by atoms with van der Waals surface area (Å²) in [4.78, 5) is 13.0. The normalized spacial score (nSPS) is 37.8. The van der Waals surface area contributed by atoms with E-state index in [1.54, 1.807) is 0 Å². The second-order valence-electron chi connectivity index (χ2n) is 7.04. The van der Waals surface area contributed by atoms with Crippen LogP contribution in [0.5, 0.6) is 0 Å². The molecule has 0 aromatic heterocycles. The molecule has 0 aromatic rings. The molecule has 2 atom stereocenters. The van der Waals surface area contributed by atoms with Gasteiger partial charge in [-0.3, -0.25) is 4.79 Å². The Morgan fingerprint density at radius 2 is 2.10 bits per heavy atom. The van der Waals surface area contributed by atoms with Gasteiger partial charge in [0.1, 0.15) is 5.78 Å². The Labute approximate surface area is 126 Å². The number of hydrogen-bond acceptors (Lipinski definition) is 4. The van der Waals surface area contributed by atoms with Crippen molar-refractivity contribution in [1.82, 2.24) is 5.32 Å². The van der Waals surface area contributed by atoms with Gasteiger partial charge in [-0.1, -0.05) is 6.92 Å². The van der Waals surface area contributed by atoms with Gasteiger partial charge in [-0.2, -0.15) is 11.8 Å². The van der Waals surface area contributed by atoms with E-state index in [1.807, 2.05) is 11.8 Å². The van der Waals surface area contributed by atoms with Crippen molar-refractivity contribution >= 4 is 17.5 Å². The second kappa shape index (κ2) is 5.98. The van der Waals surface area contributed by atoms with Crippen LogP contribution in [0, 0.1) is 11.3 Å². The molecule has 0 saturated carbocycles. The second-order valence-corrected chi connectivity index (χ2v) is 8.26. The molecule has 1 spiro atoms. The van der Waals surface area contributed by atoms with Gasteiger partial charge in [0.05, 0.1) is 5.60 Å². The van der Waals surface area contributed by atoms with Crippen molar-refractivity contribution in [3.05, 3.63) is 0 Å². The molecule has 2 unspecified atom stereocenters. The van der Waals surface area contributed by atoms with E-state index >= 15 is 0 Å². The van der Waals surface area contributed by atoms with Crippen molar-refractivity contribution < 1.29 is 9.53 Å². The number of ether oxygens (including phenoxy) is 1. The van der Waals surface area contributed by atoms with Gasteiger partial charge in [0.15, 0.2) is 0 Å². The SMILES string of the molecule is CC1(C(=O)C2CCOC3(CCSCC3)C2)CCCNC1. The van der Waals surface area contributed by atoms with Crippen molar-refractivity contribution in [2.75, 3.05) is 31.2 Å². The quantitative estimate of drug-likeness (QED) is 0.850. The molecule has 3 rings (SSSR count). The third kappa shape index (κ3) is 2.93. The molecule has 1 N–H and O–H groups in total. The highest BCUT2D eigenvalue weighted by Crippen LogP contribution is 2.42. The van der Waals surface area contributed by atoms with Crippen LogP contribution in [0.3, 0.4) is 0 Å². The van der Waals surface area contributed by atoms with E-state index in [0.29, 0.717) is 5.78 Å². The number of carbonyl (C=O) groups excluding carboxylic acids is 1. The van der Waals surface area contributed by atoms with E-state index in [9.17, 15) is 4.79 Å². The number of piperidine rings is 1. The molecule has 0 bridgehead atoms. The molecule has 0 amide bonds. The molecule has 20 heavy (non-hydrogen) atoms. The van der Waals surface area contributed by atoms with E-state index in [4.69, 9.17) is 4.74 Å². The van der Waals surface area contributed by atoms with Gasteiger partial charge in [-0.25, -0.2) is 0 Å². The number of Topliss-reactive ketones (excluding diaryl/α,β-unsaturated/α-hetero) is 1. The molecule has 3 fully saturated rings. The maximum absolute atomic E-state index is 13.0. The maximum Gasteiger partial charge on any atom is 0.143 e. The Kier molecular flexibility index (Phi) is 4.44. The van der Waals surface area contributed by atoms with Crippen molar-refractivity contribution in [3.63, 3.8) is 0 Å². The highest BCUT2D eigenvalue weighted by Gasteiger charge is 2.45. The summed E-state index contributed by atoms with van der Waals surface area (Å²) in [6.07, 6.45) is 6.37. The first-order valence-corrected chi connectivity index (χ1v) is 9.26. The minimum absolute atomic E-state index is 0.0300. The predicted molar refractivity (Wildman–Crippen MR) is 83.2 cm³/mol. The summed E-state index contributed by atoms with van der Waals surface area (Å²) < 4.78 is 6.13. The molecule has 114 valence electrons. The Bertz CT molecular complexity index is 354. The number of nitrogens with one attached hydrogen (secondary N) is 1. The lowest BCUT2D eigenvalue weighted by atomic mass is 9.69. The van der Waals surface area contributed by atoms with Gasteiger partial charge in [0, 0.05) is 24.5 Å². The topological polar surface area (TPSA) is 38.3 Å². The molecule has 3 aliphatic rings. The van der Waals surface area contributed by atoms with Crippen LogP contribution in [-0.4, -0.2) is 42.6 Å². The van der Waals surface area contributed by atoms with Gasteiger partial charge in [-0.05, 0) is 56.6 Å². The molecule has 0 aromatic carbocycles. The highest BCUT2D eigenvalue weighted by molar-refractivity contribution is 7.99. The van der Waals surface area contributed by atoms with E-state index in [-0.39, 0.29) is 16.9 Å². The van der Waals surface area contributed by atoms with Crippen LogP contribution in [0.4, 0.5) is 0 Å². The molecule has 0 aliphatic carbocycles. The van der Waals surface area contributed by atoms with Crippen LogP contribution < -0.4 is 5.32 Å². The smallest absolute Gasteiger partial charge is 0.143 e. The molecule has 3 heterocycles. The Morgan fingerprint density at radius 3 is 2.80 bits per heavy atom. The van der Waals surface area contributed by atoms with Crippen LogP contribution in [0.15, 0.2) is 0 Å². The summed E-state index contributed by atoms with van der Waals surface area (Å²) in [6.45, 7) is 4.88. The lowest BCUT2D eigenvalue weighted by Gasteiger charge is -2.45. The van der Waals surface area contributed by atoms with Gasteiger partial charge < -0.3 is 10.1 Å². The number of carbonyl (C=O) groups is 1. The molecule has 3 nitrogen and oxygen atoms in total. The van der Waals surface area contributed by atoms with Gasteiger partial charge >= 0.3 is 0 Å². The number of thioether (sulfide) groups is 1. The van der Waals surface area contributed by atoms with Crippen LogP contribution in [0.25, 0.3) is 0 Å². The first-order chi connectivity index (χ1) is 9.64. The van der Waals surface area contributed by atoms with Crippen molar-refractivity contribution in [1.29, 1.82) is 0 Å². The average molecular weight is 297 g/mol. The third-order valence-corrected chi connectivity index (χ3v) is 6.45. The molecule has 4 heteroatoms. The van der Waals surface area contributed by atoms with Gasteiger partial charge in [0.25, 0.3) is 0 Å². The molecular formula is C16H27NO2S. The number of rotatable bonds is 2. The van der Waals surface area contributed by atoms with E-state index < -0.39 is 0 Å². The molecule has 0 radical (unpaired) electrons. The molecule has 3 aliphatic heterocycles. The van der Waals surface area contributed by atoms with E-state index in [2.05, 4.69) is 12.2 Å². The summed E-state index contributed by atoms with van der Waals surface area (Å²) >= 11 is 2.02. The van der Waals surface area contributed by atoms with Crippen LogP contribution in [0.1, 0.15) is 45.4 Å². The fourth-order valence-electron chi connectivity index (χ4n) is 4.10. The van der Waals surface area contributed by atoms with Crippen LogP contribution in [-0.2, 0) is 9.53 Å². The Balaban J connectivity index is 1.68. The lowest BCUT2D eigenvalue weighted by molar-refractivity contribution is -0.147. The minimum atomic E-state index is -0.134. The van der Waals surface area contributed by atoms with E-state index in [0.717, 1.165) is 58.2 Å². The number of ketones is 1. The Hall–Kier alpha value is -0.0600. The van der Waals surface area contributed by atoms with Crippen molar-refractivity contribution in [3.8, 4) is 0 Å². The summed E-state index contributed by atoms with van der Waals surface area (Å²) in [5, 5.41) is 3.41.